The summed E-state index contributed by atoms with van der Waals surface area (Å²) in [5, 5.41) is 14.6. The Morgan fingerprint density at radius 3 is 2.62 bits per heavy atom. The lowest BCUT2D eigenvalue weighted by Crippen LogP contribution is -2.30. The third-order valence-corrected chi connectivity index (χ3v) is 5.17. The molecular weight excluding hydrogens is 437 g/mol. The first kappa shape index (κ1) is 19.8. The van der Waals surface area contributed by atoms with Crippen molar-refractivity contribution in [3.8, 4) is 11.6 Å². The van der Waals surface area contributed by atoms with Gasteiger partial charge in [0.05, 0.1) is 16.4 Å². The van der Waals surface area contributed by atoms with Crippen LogP contribution in [0.25, 0.3) is 11.6 Å². The molecule has 0 amide bonds. The van der Waals surface area contributed by atoms with Crippen molar-refractivity contribution in [2.75, 3.05) is 11.4 Å². The fourth-order valence-corrected chi connectivity index (χ4v) is 3.52. The number of hydrogen-bond donors (Lipinski definition) is 0. The second-order valence-corrected chi connectivity index (χ2v) is 7.10. The van der Waals surface area contributed by atoms with Crippen LogP contribution >= 0.6 is 23.2 Å². The van der Waals surface area contributed by atoms with E-state index in [2.05, 4.69) is 24.8 Å². The third-order valence-electron chi connectivity index (χ3n) is 4.40. The van der Waals surface area contributed by atoms with Crippen molar-refractivity contribution >= 4 is 28.9 Å². The molecule has 1 aliphatic heterocycles. The lowest BCUT2D eigenvalue weighted by Gasteiger charge is -2.31. The van der Waals surface area contributed by atoms with Crippen LogP contribution in [0.4, 0.5) is 23.2 Å². The van der Waals surface area contributed by atoms with E-state index < -0.39 is 23.8 Å². The maximum atomic E-state index is 13.8. The molecule has 0 bridgehead atoms. The molecule has 0 radical (unpaired) electrons. The molecule has 0 aliphatic carbocycles. The van der Waals surface area contributed by atoms with Gasteiger partial charge in [0.15, 0.2) is 5.69 Å². The highest BCUT2D eigenvalue weighted by Crippen LogP contribution is 2.35. The van der Waals surface area contributed by atoms with Gasteiger partial charge in [0, 0.05) is 23.7 Å². The van der Waals surface area contributed by atoms with Crippen LogP contribution in [-0.4, -0.2) is 26.9 Å². The quantitative estimate of drug-likeness (QED) is 0.418. The number of hydrogen-bond acceptors (Lipinski definition) is 6. The predicted molar refractivity (Wildman–Crippen MR) is 96.1 cm³/mol. The predicted octanol–water partition coefficient (Wildman–Crippen LogP) is 4.94. The second kappa shape index (κ2) is 7.42. The van der Waals surface area contributed by atoms with Gasteiger partial charge in [-0.3, -0.25) is 0 Å². The third kappa shape index (κ3) is 3.86. The maximum Gasteiger partial charge on any atom is 0.470 e. The van der Waals surface area contributed by atoms with Crippen LogP contribution in [0, 0.1) is 5.82 Å². The standard InChI is InChI=1S/C17H11Cl2F4N5O/c18-9-3-4-10(20)14(19)8(9)7-28-5-1-2-11-13(28)6-12(25-24-11)15-26-27-16(29-15)17(21,22)23/h3-4,6H,1-2,5,7H2. The van der Waals surface area contributed by atoms with Gasteiger partial charge in [0.1, 0.15) is 5.82 Å². The Kier molecular flexibility index (Phi) is 5.07. The van der Waals surface area contributed by atoms with Crippen LogP contribution in [0.15, 0.2) is 22.6 Å². The number of nitrogens with zero attached hydrogens (tertiary/aromatic N) is 5. The number of benzene rings is 1. The van der Waals surface area contributed by atoms with Crippen LogP contribution in [-0.2, 0) is 19.1 Å². The Morgan fingerprint density at radius 1 is 1.10 bits per heavy atom. The van der Waals surface area contributed by atoms with Gasteiger partial charge in [-0.25, -0.2) is 4.39 Å². The molecule has 3 aromatic rings. The molecule has 6 nitrogen and oxygen atoms in total. The molecule has 0 spiro atoms. The zero-order valence-electron chi connectivity index (χ0n) is 14.5. The zero-order valence-corrected chi connectivity index (χ0v) is 16.0. The second-order valence-electron chi connectivity index (χ2n) is 6.32. The Hall–Kier alpha value is -2.46. The lowest BCUT2D eigenvalue weighted by molar-refractivity contribution is -0.156. The van der Waals surface area contributed by atoms with Crippen molar-refractivity contribution in [2.45, 2.75) is 25.6 Å². The Balaban J connectivity index is 1.69. The zero-order chi connectivity index (χ0) is 20.8. The van der Waals surface area contributed by atoms with E-state index in [1.165, 1.54) is 18.2 Å². The van der Waals surface area contributed by atoms with E-state index >= 15 is 0 Å². The van der Waals surface area contributed by atoms with E-state index in [1.807, 2.05) is 4.90 Å². The highest BCUT2D eigenvalue weighted by atomic mass is 35.5. The van der Waals surface area contributed by atoms with Gasteiger partial charge >= 0.3 is 12.1 Å². The number of aromatic nitrogens is 4. The van der Waals surface area contributed by atoms with E-state index in [1.54, 1.807) is 0 Å². The number of halogens is 6. The molecule has 0 atom stereocenters. The SMILES string of the molecule is Fc1ccc(Cl)c(CN2CCCc3nnc(-c4nnc(C(F)(F)F)o4)cc32)c1Cl. The molecule has 0 N–H and O–H groups in total. The summed E-state index contributed by atoms with van der Waals surface area (Å²) in [6.07, 6.45) is -3.38. The van der Waals surface area contributed by atoms with Crippen molar-refractivity contribution in [2.24, 2.45) is 0 Å². The van der Waals surface area contributed by atoms with Gasteiger partial charge in [-0.2, -0.15) is 18.3 Å². The Bertz CT molecular complexity index is 1070. The minimum Gasteiger partial charge on any atom is -0.411 e. The van der Waals surface area contributed by atoms with E-state index in [4.69, 9.17) is 23.2 Å². The first-order chi connectivity index (χ1) is 13.7. The molecule has 0 fully saturated rings. The maximum absolute atomic E-state index is 13.8. The van der Waals surface area contributed by atoms with Gasteiger partial charge in [-0.15, -0.1) is 15.3 Å². The number of alkyl halides is 3. The topological polar surface area (TPSA) is 67.9 Å². The molecule has 3 heterocycles. The summed E-state index contributed by atoms with van der Waals surface area (Å²) < 4.78 is 56.6. The normalized spacial score (nSPS) is 14.2. The summed E-state index contributed by atoms with van der Waals surface area (Å²) in [5.41, 5.74) is 1.63. The fraction of sp³-hybridized carbons (Fsp3) is 0.294. The molecule has 12 heteroatoms. The van der Waals surface area contributed by atoms with Crippen molar-refractivity contribution in [3.05, 3.63) is 51.2 Å². The van der Waals surface area contributed by atoms with Gasteiger partial charge in [0.25, 0.3) is 5.89 Å². The van der Waals surface area contributed by atoms with Crippen LogP contribution < -0.4 is 4.90 Å². The van der Waals surface area contributed by atoms with E-state index in [-0.39, 0.29) is 17.3 Å². The first-order valence-electron chi connectivity index (χ1n) is 8.39. The van der Waals surface area contributed by atoms with E-state index in [0.29, 0.717) is 34.9 Å². The summed E-state index contributed by atoms with van der Waals surface area (Å²) in [6.45, 7) is 0.768. The molecule has 2 aromatic heterocycles. The number of anilines is 1. The van der Waals surface area contributed by atoms with Crippen molar-refractivity contribution < 1.29 is 22.0 Å². The fourth-order valence-electron chi connectivity index (χ4n) is 3.03. The average molecular weight is 448 g/mol. The van der Waals surface area contributed by atoms with Gasteiger partial charge in [0.2, 0.25) is 0 Å². The van der Waals surface area contributed by atoms with Crippen LogP contribution in [0.1, 0.15) is 23.6 Å². The van der Waals surface area contributed by atoms with Gasteiger partial charge in [-0.05, 0) is 31.0 Å². The number of aryl methyl sites for hydroxylation is 1. The summed E-state index contributed by atoms with van der Waals surface area (Å²) in [4.78, 5) is 1.85. The monoisotopic (exact) mass is 447 g/mol. The summed E-state index contributed by atoms with van der Waals surface area (Å²) >= 11 is 12.2. The molecular formula is C17H11Cl2F4N5O. The lowest BCUT2D eigenvalue weighted by atomic mass is 10.1. The summed E-state index contributed by atoms with van der Waals surface area (Å²) in [5.74, 6) is -2.47. The molecule has 0 saturated heterocycles. The molecule has 29 heavy (non-hydrogen) atoms. The van der Waals surface area contributed by atoms with Crippen LogP contribution in [0.3, 0.4) is 0 Å². The average Bonchev–Trinajstić information content (AvgIpc) is 3.19. The minimum atomic E-state index is -4.76. The molecule has 1 aromatic carbocycles. The Morgan fingerprint density at radius 2 is 1.90 bits per heavy atom. The highest BCUT2D eigenvalue weighted by Gasteiger charge is 2.38. The first-order valence-corrected chi connectivity index (χ1v) is 9.14. The Labute approximate surface area is 171 Å². The minimum absolute atomic E-state index is 0.00455. The molecule has 152 valence electrons. The van der Waals surface area contributed by atoms with E-state index in [0.717, 1.165) is 6.42 Å². The molecule has 0 saturated carbocycles. The summed E-state index contributed by atoms with van der Waals surface area (Å²) in [7, 11) is 0. The summed E-state index contributed by atoms with van der Waals surface area (Å²) in [6, 6.07) is 4.10. The van der Waals surface area contributed by atoms with Crippen LogP contribution in [0.5, 0.6) is 0 Å². The van der Waals surface area contributed by atoms with Crippen molar-refractivity contribution in [1.29, 1.82) is 0 Å². The van der Waals surface area contributed by atoms with Crippen LogP contribution in [0.2, 0.25) is 10.0 Å². The smallest absolute Gasteiger partial charge is 0.411 e. The largest absolute Gasteiger partial charge is 0.470 e. The van der Waals surface area contributed by atoms with Gasteiger partial charge in [-0.1, -0.05) is 23.2 Å². The number of fused-ring (bicyclic) bond motifs is 1. The highest BCUT2D eigenvalue weighted by molar-refractivity contribution is 6.36. The van der Waals surface area contributed by atoms with E-state index in [9.17, 15) is 17.6 Å². The molecule has 0 unspecified atom stereocenters. The van der Waals surface area contributed by atoms with Crippen molar-refractivity contribution in [1.82, 2.24) is 20.4 Å². The number of rotatable bonds is 3. The molecule has 1 aliphatic rings. The van der Waals surface area contributed by atoms with Gasteiger partial charge < -0.3 is 9.32 Å². The van der Waals surface area contributed by atoms with Crippen molar-refractivity contribution in [3.63, 3.8) is 0 Å². The molecule has 4 rings (SSSR count).